The zero-order valence-electron chi connectivity index (χ0n) is 21.6. The minimum atomic E-state index is -1.47. The topological polar surface area (TPSA) is 255 Å². The number of hydrogen-bond donors (Lipinski definition) is 9. The van der Waals surface area contributed by atoms with Gasteiger partial charge in [-0.25, -0.2) is 4.79 Å². The molecule has 0 fully saturated rings. The van der Waals surface area contributed by atoms with Gasteiger partial charge in [-0.3, -0.25) is 19.4 Å². The van der Waals surface area contributed by atoms with Gasteiger partial charge in [0.25, 0.3) is 0 Å². The molecular formula is C24H39N7O7. The Balaban J connectivity index is 2.98. The molecule has 14 heteroatoms. The van der Waals surface area contributed by atoms with Gasteiger partial charge in [-0.2, -0.15) is 0 Å². The summed E-state index contributed by atoms with van der Waals surface area (Å²) in [7, 11) is 0. The number of nitrogens with two attached hydrogens (primary N) is 3. The molecule has 38 heavy (non-hydrogen) atoms. The molecule has 212 valence electrons. The molecule has 4 atom stereocenters. The molecule has 0 heterocycles. The first-order chi connectivity index (χ1) is 17.8. The molecule has 0 bridgehead atoms. The predicted octanol–water partition coefficient (Wildman–Crippen LogP) is -2.11. The summed E-state index contributed by atoms with van der Waals surface area (Å²) in [5.74, 6) is -3.69. The molecule has 1 rings (SSSR count). The van der Waals surface area contributed by atoms with Crippen LogP contribution in [0.5, 0.6) is 5.75 Å². The zero-order valence-corrected chi connectivity index (χ0v) is 21.6. The Hall–Kier alpha value is -3.91. The van der Waals surface area contributed by atoms with Crippen molar-refractivity contribution in [2.45, 2.75) is 63.7 Å². The highest BCUT2D eigenvalue weighted by molar-refractivity contribution is 5.94. The van der Waals surface area contributed by atoms with Crippen molar-refractivity contribution in [3.05, 3.63) is 29.8 Å². The Morgan fingerprint density at radius 3 is 2.00 bits per heavy atom. The SMILES string of the molecule is CC(C)CC(NC(=O)C(CO)NC(=O)C(Cc1ccc(O)cc1)NC(=O)C(N)CCCN=C(N)N)C(=O)O. The van der Waals surface area contributed by atoms with Crippen LogP contribution in [0.15, 0.2) is 29.3 Å². The van der Waals surface area contributed by atoms with Gasteiger partial charge in [0.1, 0.15) is 23.9 Å². The van der Waals surface area contributed by atoms with E-state index in [9.17, 15) is 34.5 Å². The first kappa shape index (κ1) is 32.1. The number of benzene rings is 1. The van der Waals surface area contributed by atoms with Gasteiger partial charge in [-0.05, 0) is 42.9 Å². The number of carbonyl (C=O) groups is 4. The number of aromatic hydroxyl groups is 1. The van der Waals surface area contributed by atoms with Crippen molar-refractivity contribution < 1.29 is 34.5 Å². The molecule has 0 spiro atoms. The number of aliphatic hydroxyl groups excluding tert-OH is 1. The molecule has 1 aromatic carbocycles. The fourth-order valence-corrected chi connectivity index (χ4v) is 3.44. The van der Waals surface area contributed by atoms with Crippen molar-refractivity contribution in [1.82, 2.24) is 16.0 Å². The quantitative estimate of drug-likeness (QED) is 0.0630. The van der Waals surface area contributed by atoms with E-state index >= 15 is 0 Å². The van der Waals surface area contributed by atoms with Gasteiger partial charge in [0, 0.05) is 13.0 Å². The molecule has 0 aliphatic rings. The molecule has 4 unspecified atom stereocenters. The number of rotatable bonds is 16. The van der Waals surface area contributed by atoms with Crippen molar-refractivity contribution in [1.29, 1.82) is 0 Å². The summed E-state index contributed by atoms with van der Waals surface area (Å²) >= 11 is 0. The van der Waals surface area contributed by atoms with Crippen LogP contribution < -0.4 is 33.2 Å². The standard InChI is InChI=1S/C24H39N7O7/c1-13(2)10-18(23(37)38)30-22(36)19(12-32)31-21(35)17(11-14-5-7-15(33)8-6-14)29-20(34)16(25)4-3-9-28-24(26)27/h5-8,13,16-19,32-33H,3-4,9-12,25H2,1-2H3,(H,29,34)(H,30,36)(H,31,35)(H,37,38)(H4,26,27,28). The third-order valence-corrected chi connectivity index (χ3v) is 5.45. The smallest absolute Gasteiger partial charge is 0.326 e. The molecule has 0 saturated carbocycles. The van der Waals surface area contributed by atoms with Crippen molar-refractivity contribution in [3.8, 4) is 5.75 Å². The number of carboxylic acid groups (broad SMARTS) is 1. The Morgan fingerprint density at radius 1 is 0.921 bits per heavy atom. The Kier molecular flexibility index (Phi) is 13.6. The van der Waals surface area contributed by atoms with Crippen molar-refractivity contribution >= 4 is 29.7 Å². The summed E-state index contributed by atoms with van der Waals surface area (Å²) in [5.41, 5.74) is 17.1. The van der Waals surface area contributed by atoms with E-state index in [2.05, 4.69) is 20.9 Å². The largest absolute Gasteiger partial charge is 0.508 e. The van der Waals surface area contributed by atoms with E-state index in [-0.39, 0.29) is 43.4 Å². The summed E-state index contributed by atoms with van der Waals surface area (Å²) in [6.45, 7) is 3.03. The molecule has 3 amide bonds. The molecule has 0 aliphatic heterocycles. The number of guanidine groups is 1. The molecule has 1 aromatic rings. The van der Waals surface area contributed by atoms with Crippen LogP contribution in [0, 0.1) is 5.92 Å². The minimum absolute atomic E-state index is 0.00739. The summed E-state index contributed by atoms with van der Waals surface area (Å²) < 4.78 is 0. The maximum atomic E-state index is 13.1. The molecular weight excluding hydrogens is 498 g/mol. The lowest BCUT2D eigenvalue weighted by molar-refractivity contribution is -0.143. The van der Waals surface area contributed by atoms with E-state index in [4.69, 9.17) is 17.2 Å². The average molecular weight is 538 g/mol. The van der Waals surface area contributed by atoms with E-state index in [0.29, 0.717) is 12.0 Å². The minimum Gasteiger partial charge on any atom is -0.508 e. The normalized spacial score (nSPS) is 14.0. The lowest BCUT2D eigenvalue weighted by Gasteiger charge is -2.25. The molecule has 0 radical (unpaired) electrons. The van der Waals surface area contributed by atoms with Crippen LogP contribution in [0.3, 0.4) is 0 Å². The number of phenolic OH excluding ortho intramolecular Hbond substituents is 1. The second-order valence-corrected chi connectivity index (χ2v) is 9.26. The van der Waals surface area contributed by atoms with Gasteiger partial charge in [0.2, 0.25) is 17.7 Å². The summed E-state index contributed by atoms with van der Waals surface area (Å²) in [5, 5.41) is 35.9. The first-order valence-corrected chi connectivity index (χ1v) is 12.2. The van der Waals surface area contributed by atoms with Gasteiger partial charge in [0.05, 0.1) is 12.6 Å². The van der Waals surface area contributed by atoms with Crippen LogP contribution >= 0.6 is 0 Å². The maximum absolute atomic E-state index is 13.1. The van der Waals surface area contributed by atoms with Crippen LogP contribution in [-0.4, -0.2) is 82.3 Å². The number of amides is 3. The van der Waals surface area contributed by atoms with Crippen LogP contribution in [0.25, 0.3) is 0 Å². The molecule has 0 aromatic heterocycles. The third kappa shape index (κ3) is 11.9. The number of nitrogens with one attached hydrogen (secondary N) is 3. The van der Waals surface area contributed by atoms with Crippen molar-refractivity contribution in [2.75, 3.05) is 13.2 Å². The van der Waals surface area contributed by atoms with Crippen molar-refractivity contribution in [3.63, 3.8) is 0 Å². The monoisotopic (exact) mass is 537 g/mol. The van der Waals surface area contributed by atoms with E-state index in [1.165, 1.54) is 12.1 Å². The number of carbonyl (C=O) groups excluding carboxylic acids is 3. The highest BCUT2D eigenvalue weighted by atomic mass is 16.4. The van der Waals surface area contributed by atoms with Gasteiger partial charge >= 0.3 is 5.97 Å². The molecule has 0 saturated heterocycles. The van der Waals surface area contributed by atoms with E-state index < -0.39 is 54.5 Å². The van der Waals surface area contributed by atoms with Gasteiger partial charge in [-0.1, -0.05) is 26.0 Å². The molecule has 0 aliphatic carbocycles. The maximum Gasteiger partial charge on any atom is 0.326 e. The molecule has 14 nitrogen and oxygen atoms in total. The van der Waals surface area contributed by atoms with Crippen LogP contribution in [0.1, 0.15) is 38.7 Å². The lowest BCUT2D eigenvalue weighted by atomic mass is 10.0. The van der Waals surface area contributed by atoms with E-state index in [1.54, 1.807) is 26.0 Å². The van der Waals surface area contributed by atoms with Gasteiger partial charge in [-0.15, -0.1) is 0 Å². The number of carboxylic acids is 1. The number of aliphatic carboxylic acids is 1. The Bertz CT molecular complexity index is 965. The Labute approximate surface area is 221 Å². The van der Waals surface area contributed by atoms with Gasteiger partial charge in [0.15, 0.2) is 5.96 Å². The first-order valence-electron chi connectivity index (χ1n) is 12.2. The highest BCUT2D eigenvalue weighted by Gasteiger charge is 2.30. The third-order valence-electron chi connectivity index (χ3n) is 5.45. The highest BCUT2D eigenvalue weighted by Crippen LogP contribution is 2.12. The number of aliphatic imine (C=N–C) groups is 1. The summed E-state index contributed by atoms with van der Waals surface area (Å²) in [6.07, 6.45) is 0.761. The fourth-order valence-electron chi connectivity index (χ4n) is 3.44. The average Bonchev–Trinajstić information content (AvgIpc) is 2.84. The van der Waals surface area contributed by atoms with Crippen LogP contribution in [0.4, 0.5) is 0 Å². The summed E-state index contributed by atoms with van der Waals surface area (Å²) in [4.78, 5) is 53.8. The zero-order chi connectivity index (χ0) is 28.8. The number of aliphatic hydroxyl groups is 1. The van der Waals surface area contributed by atoms with Crippen LogP contribution in [0.2, 0.25) is 0 Å². The lowest BCUT2D eigenvalue weighted by Crippen LogP contribution is -2.58. The Morgan fingerprint density at radius 2 is 1.47 bits per heavy atom. The van der Waals surface area contributed by atoms with Crippen molar-refractivity contribution in [2.24, 2.45) is 28.1 Å². The molecule has 12 N–H and O–H groups in total. The number of nitrogens with zero attached hydrogens (tertiary/aromatic N) is 1. The van der Waals surface area contributed by atoms with Crippen LogP contribution in [-0.2, 0) is 25.6 Å². The predicted molar refractivity (Wildman–Crippen MR) is 140 cm³/mol. The number of hydrogen-bond acceptors (Lipinski definition) is 8. The van der Waals surface area contributed by atoms with E-state index in [1.807, 2.05) is 0 Å². The summed E-state index contributed by atoms with van der Waals surface area (Å²) in [6, 6.07) is 1.06. The second-order valence-electron chi connectivity index (χ2n) is 9.26. The van der Waals surface area contributed by atoms with Gasteiger partial charge < -0.3 is 48.5 Å². The number of phenols is 1. The fraction of sp³-hybridized carbons (Fsp3) is 0.542. The van der Waals surface area contributed by atoms with E-state index in [0.717, 1.165) is 0 Å². The second kappa shape index (κ2) is 16.0.